The fraction of sp³-hybridized carbons (Fsp3) is 0.500. The normalized spacial score (nSPS) is 18.7. The van der Waals surface area contributed by atoms with Gasteiger partial charge in [0.1, 0.15) is 0 Å². The molecule has 1 amide bonds. The second-order valence-electron chi connectivity index (χ2n) is 4.87. The summed E-state index contributed by atoms with van der Waals surface area (Å²) in [5, 5.41) is 2.77. The van der Waals surface area contributed by atoms with Crippen LogP contribution in [-0.2, 0) is 19.6 Å². The number of rotatable bonds is 7. The molecule has 1 heterocycles. The Bertz CT molecular complexity index is 583. The van der Waals surface area contributed by atoms with Crippen LogP contribution in [-0.4, -0.2) is 40.6 Å². The van der Waals surface area contributed by atoms with Crippen molar-refractivity contribution in [2.24, 2.45) is 0 Å². The fourth-order valence-corrected chi connectivity index (χ4v) is 3.25. The summed E-state index contributed by atoms with van der Waals surface area (Å²) < 4.78 is 31.7. The first kappa shape index (κ1) is 15.9. The second kappa shape index (κ2) is 7.02. The number of sulfonamides is 1. The summed E-state index contributed by atoms with van der Waals surface area (Å²) in [4.78, 5) is 11.4. The maximum Gasteiger partial charge on any atom is 0.240 e. The summed E-state index contributed by atoms with van der Waals surface area (Å²) in [5.74, 6) is 0.162. The summed E-state index contributed by atoms with van der Waals surface area (Å²) in [6.07, 6.45) is 0.457. The Labute approximate surface area is 124 Å². The van der Waals surface area contributed by atoms with E-state index in [0.29, 0.717) is 26.2 Å². The van der Waals surface area contributed by atoms with Crippen LogP contribution < -0.4 is 10.0 Å². The van der Waals surface area contributed by atoms with Crippen LogP contribution >= 0.6 is 0 Å². The van der Waals surface area contributed by atoms with E-state index in [1.807, 2.05) is 6.92 Å². The molecule has 1 unspecified atom stereocenters. The van der Waals surface area contributed by atoms with Crippen molar-refractivity contribution in [1.29, 1.82) is 0 Å². The predicted molar refractivity (Wildman–Crippen MR) is 78.5 cm³/mol. The molecule has 21 heavy (non-hydrogen) atoms. The molecule has 7 heteroatoms. The molecule has 1 aliphatic rings. The van der Waals surface area contributed by atoms with Crippen molar-refractivity contribution in [3.8, 4) is 0 Å². The van der Waals surface area contributed by atoms with Crippen molar-refractivity contribution in [2.75, 3.05) is 26.3 Å². The van der Waals surface area contributed by atoms with E-state index in [1.54, 1.807) is 24.3 Å². The van der Waals surface area contributed by atoms with Gasteiger partial charge in [-0.1, -0.05) is 12.1 Å². The van der Waals surface area contributed by atoms with Crippen LogP contribution in [0.2, 0.25) is 0 Å². The molecular weight excluding hydrogens is 292 g/mol. The van der Waals surface area contributed by atoms with E-state index in [-0.39, 0.29) is 23.3 Å². The first-order chi connectivity index (χ1) is 10.0. The molecule has 0 bridgehead atoms. The molecular formula is C14H20N2O4S. The molecule has 1 aromatic rings. The van der Waals surface area contributed by atoms with Crippen LogP contribution in [0.5, 0.6) is 0 Å². The standard InChI is InChI=1S/C14H20N2O4S/c1-2-20-8-7-16-21(18,19)13-5-3-11(4-6-13)12-9-14(17)15-10-12/h3-6,12,16H,2,7-10H2,1H3,(H,15,17). The van der Waals surface area contributed by atoms with E-state index >= 15 is 0 Å². The van der Waals surface area contributed by atoms with Gasteiger partial charge in [-0.15, -0.1) is 0 Å². The molecule has 2 N–H and O–H groups in total. The fourth-order valence-electron chi connectivity index (χ4n) is 2.24. The molecule has 0 saturated carbocycles. The van der Waals surface area contributed by atoms with Crippen LogP contribution in [0.15, 0.2) is 29.2 Å². The number of hydrogen-bond donors (Lipinski definition) is 2. The third-order valence-electron chi connectivity index (χ3n) is 3.38. The number of amides is 1. The molecule has 0 spiro atoms. The van der Waals surface area contributed by atoms with Gasteiger partial charge >= 0.3 is 0 Å². The summed E-state index contributed by atoms with van der Waals surface area (Å²) in [7, 11) is -3.50. The minimum absolute atomic E-state index is 0.0364. The summed E-state index contributed by atoms with van der Waals surface area (Å²) in [6.45, 7) is 3.63. The summed E-state index contributed by atoms with van der Waals surface area (Å²) in [6, 6.07) is 6.67. The average molecular weight is 312 g/mol. The van der Waals surface area contributed by atoms with Crippen LogP contribution in [0.3, 0.4) is 0 Å². The highest BCUT2D eigenvalue weighted by molar-refractivity contribution is 7.89. The summed E-state index contributed by atoms with van der Waals surface area (Å²) in [5.41, 5.74) is 0.974. The van der Waals surface area contributed by atoms with Crippen LogP contribution in [0.4, 0.5) is 0 Å². The van der Waals surface area contributed by atoms with E-state index in [2.05, 4.69) is 10.0 Å². The molecule has 1 saturated heterocycles. The second-order valence-corrected chi connectivity index (χ2v) is 6.64. The zero-order valence-electron chi connectivity index (χ0n) is 12.0. The van der Waals surface area contributed by atoms with Gasteiger partial charge in [-0.05, 0) is 24.6 Å². The SMILES string of the molecule is CCOCCNS(=O)(=O)c1ccc(C2CNC(=O)C2)cc1. The average Bonchev–Trinajstić information content (AvgIpc) is 2.90. The van der Waals surface area contributed by atoms with Crippen molar-refractivity contribution >= 4 is 15.9 Å². The van der Waals surface area contributed by atoms with Gasteiger partial charge in [0.15, 0.2) is 0 Å². The Hall–Kier alpha value is -1.44. The van der Waals surface area contributed by atoms with E-state index in [9.17, 15) is 13.2 Å². The van der Waals surface area contributed by atoms with Gasteiger partial charge in [-0.3, -0.25) is 4.79 Å². The Morgan fingerprint density at radius 2 is 2.05 bits per heavy atom. The number of nitrogens with one attached hydrogen (secondary N) is 2. The molecule has 116 valence electrons. The maximum absolute atomic E-state index is 12.0. The lowest BCUT2D eigenvalue weighted by Crippen LogP contribution is -2.27. The highest BCUT2D eigenvalue weighted by atomic mass is 32.2. The van der Waals surface area contributed by atoms with Gasteiger partial charge in [0.05, 0.1) is 11.5 Å². The van der Waals surface area contributed by atoms with Crippen molar-refractivity contribution in [2.45, 2.75) is 24.2 Å². The van der Waals surface area contributed by atoms with Crippen molar-refractivity contribution in [1.82, 2.24) is 10.0 Å². The number of benzene rings is 1. The first-order valence-electron chi connectivity index (χ1n) is 6.97. The van der Waals surface area contributed by atoms with Crippen molar-refractivity contribution < 1.29 is 17.9 Å². The lowest BCUT2D eigenvalue weighted by molar-refractivity contribution is -0.119. The quantitative estimate of drug-likeness (QED) is 0.722. The Kier molecular flexibility index (Phi) is 5.33. The van der Waals surface area contributed by atoms with Gasteiger partial charge in [-0.25, -0.2) is 13.1 Å². The molecule has 0 radical (unpaired) electrons. The van der Waals surface area contributed by atoms with Gasteiger partial charge in [0.25, 0.3) is 0 Å². The van der Waals surface area contributed by atoms with E-state index < -0.39 is 10.0 Å². The molecule has 1 fully saturated rings. The van der Waals surface area contributed by atoms with Crippen LogP contribution in [0.25, 0.3) is 0 Å². The van der Waals surface area contributed by atoms with Gasteiger partial charge in [0.2, 0.25) is 15.9 Å². The minimum Gasteiger partial charge on any atom is -0.380 e. The van der Waals surface area contributed by atoms with E-state index in [4.69, 9.17) is 4.74 Å². The third kappa shape index (κ3) is 4.26. The third-order valence-corrected chi connectivity index (χ3v) is 4.86. The molecule has 2 rings (SSSR count). The Morgan fingerprint density at radius 1 is 1.33 bits per heavy atom. The van der Waals surface area contributed by atoms with E-state index in [1.165, 1.54) is 0 Å². The molecule has 0 aliphatic carbocycles. The first-order valence-corrected chi connectivity index (χ1v) is 8.45. The molecule has 6 nitrogen and oxygen atoms in total. The van der Waals surface area contributed by atoms with Gasteiger partial charge < -0.3 is 10.1 Å². The van der Waals surface area contributed by atoms with Crippen molar-refractivity contribution in [3.05, 3.63) is 29.8 Å². The minimum atomic E-state index is -3.50. The highest BCUT2D eigenvalue weighted by Crippen LogP contribution is 2.24. The zero-order chi connectivity index (χ0) is 15.3. The van der Waals surface area contributed by atoms with Crippen molar-refractivity contribution in [3.63, 3.8) is 0 Å². The smallest absolute Gasteiger partial charge is 0.240 e. The predicted octanol–water partition coefficient (Wildman–Crippen LogP) is 0.605. The number of carbonyl (C=O) groups excluding carboxylic acids is 1. The van der Waals surface area contributed by atoms with E-state index in [0.717, 1.165) is 5.56 Å². The lowest BCUT2D eigenvalue weighted by atomic mass is 9.99. The monoisotopic (exact) mass is 312 g/mol. The number of ether oxygens (including phenoxy) is 1. The molecule has 0 aromatic heterocycles. The van der Waals surface area contributed by atoms with Gasteiger partial charge in [0, 0.05) is 32.0 Å². The van der Waals surface area contributed by atoms with Crippen LogP contribution in [0.1, 0.15) is 24.8 Å². The topological polar surface area (TPSA) is 84.5 Å². The zero-order valence-corrected chi connectivity index (χ0v) is 12.8. The number of carbonyl (C=O) groups is 1. The maximum atomic E-state index is 12.0. The van der Waals surface area contributed by atoms with Gasteiger partial charge in [-0.2, -0.15) is 0 Å². The molecule has 1 aliphatic heterocycles. The largest absolute Gasteiger partial charge is 0.380 e. The van der Waals surface area contributed by atoms with Crippen LogP contribution in [0, 0.1) is 0 Å². The number of hydrogen-bond acceptors (Lipinski definition) is 4. The lowest BCUT2D eigenvalue weighted by Gasteiger charge is -2.10. The Morgan fingerprint density at radius 3 is 2.62 bits per heavy atom. The molecule has 1 aromatic carbocycles. The Balaban J connectivity index is 1.99. The molecule has 1 atom stereocenters. The highest BCUT2D eigenvalue weighted by Gasteiger charge is 2.23. The summed E-state index contributed by atoms with van der Waals surface area (Å²) >= 11 is 0.